The Balaban J connectivity index is 1.99. The molecule has 2 rings (SSSR count). The summed E-state index contributed by atoms with van der Waals surface area (Å²) in [4.78, 5) is 4.35. The van der Waals surface area contributed by atoms with Gasteiger partial charge in [-0.1, -0.05) is 13.8 Å². The zero-order chi connectivity index (χ0) is 10.7. The molecule has 4 heteroatoms. The molecular weight excluding hydrogens is 192 g/mol. The predicted octanol–water partition coefficient (Wildman–Crippen LogP) is 1.42. The highest BCUT2D eigenvalue weighted by atomic mass is 16.6. The van der Waals surface area contributed by atoms with Crippen molar-refractivity contribution in [3.05, 3.63) is 18.2 Å². The Bertz CT molecular complexity index is 303. The molecule has 4 nitrogen and oxygen atoms in total. The van der Waals surface area contributed by atoms with Crippen LogP contribution in [0.2, 0.25) is 0 Å². The lowest BCUT2D eigenvalue weighted by molar-refractivity contribution is -0.0938. The van der Waals surface area contributed by atoms with E-state index in [2.05, 4.69) is 23.4 Å². The highest BCUT2D eigenvalue weighted by Crippen LogP contribution is 2.13. The molecule has 1 aromatic heterocycles. The quantitative estimate of drug-likeness (QED) is 0.757. The van der Waals surface area contributed by atoms with Crippen LogP contribution in [0.15, 0.2) is 12.4 Å². The molecule has 0 radical (unpaired) electrons. The molecule has 1 aliphatic rings. The van der Waals surface area contributed by atoms with Crippen molar-refractivity contribution >= 4 is 0 Å². The van der Waals surface area contributed by atoms with Crippen LogP contribution in [0.5, 0.6) is 0 Å². The molecule has 15 heavy (non-hydrogen) atoms. The average Bonchev–Trinajstić information content (AvgIpc) is 2.67. The normalized spacial score (nSPS) is 22.2. The Morgan fingerprint density at radius 2 is 2.40 bits per heavy atom. The first-order valence-corrected chi connectivity index (χ1v) is 5.47. The fourth-order valence-corrected chi connectivity index (χ4v) is 1.84. The second-order valence-electron chi connectivity index (χ2n) is 4.16. The summed E-state index contributed by atoms with van der Waals surface area (Å²) in [7, 11) is 0. The van der Waals surface area contributed by atoms with Crippen molar-refractivity contribution in [3.63, 3.8) is 0 Å². The summed E-state index contributed by atoms with van der Waals surface area (Å²) in [6.45, 7) is 7.26. The largest absolute Gasteiger partial charge is 0.376 e. The summed E-state index contributed by atoms with van der Waals surface area (Å²) in [6, 6.07) is 0. The molecule has 0 N–H and O–H groups in total. The number of hydrogen-bond acceptors (Lipinski definition) is 3. The summed E-state index contributed by atoms with van der Waals surface area (Å²) >= 11 is 0. The smallest absolute Gasteiger partial charge is 0.111 e. The van der Waals surface area contributed by atoms with Gasteiger partial charge in [0.15, 0.2) is 0 Å². The van der Waals surface area contributed by atoms with E-state index in [-0.39, 0.29) is 6.10 Å². The molecule has 0 spiro atoms. The van der Waals surface area contributed by atoms with Crippen LogP contribution in [0.3, 0.4) is 0 Å². The van der Waals surface area contributed by atoms with Gasteiger partial charge in [0.2, 0.25) is 0 Å². The highest BCUT2D eigenvalue weighted by Gasteiger charge is 2.17. The van der Waals surface area contributed by atoms with E-state index in [1.807, 2.05) is 12.4 Å². The molecule has 84 valence electrons. The zero-order valence-electron chi connectivity index (χ0n) is 9.35. The lowest BCUT2D eigenvalue weighted by atomic mass is 10.2. The maximum atomic E-state index is 5.61. The molecule has 1 fully saturated rings. The van der Waals surface area contributed by atoms with Gasteiger partial charge in [0, 0.05) is 18.3 Å². The van der Waals surface area contributed by atoms with Crippen LogP contribution in [-0.2, 0) is 16.0 Å². The summed E-state index contributed by atoms with van der Waals surface area (Å²) < 4.78 is 13.1. The van der Waals surface area contributed by atoms with Crippen LogP contribution in [0.1, 0.15) is 25.6 Å². The van der Waals surface area contributed by atoms with Gasteiger partial charge < -0.3 is 14.0 Å². The van der Waals surface area contributed by atoms with Crippen LogP contribution in [0, 0.1) is 0 Å². The Morgan fingerprint density at radius 1 is 1.53 bits per heavy atom. The maximum absolute atomic E-state index is 5.61. The number of rotatable bonds is 3. The van der Waals surface area contributed by atoms with Crippen LogP contribution in [0.4, 0.5) is 0 Å². The third-order valence-electron chi connectivity index (χ3n) is 2.55. The molecule has 1 atom stereocenters. The fraction of sp³-hybridized carbons (Fsp3) is 0.727. The molecule has 0 bridgehead atoms. The third kappa shape index (κ3) is 2.58. The minimum absolute atomic E-state index is 0.172. The van der Waals surface area contributed by atoms with Gasteiger partial charge in [-0.05, 0) is 0 Å². The van der Waals surface area contributed by atoms with E-state index in [0.29, 0.717) is 19.1 Å². The first-order chi connectivity index (χ1) is 7.27. The molecule has 1 unspecified atom stereocenters. The van der Waals surface area contributed by atoms with E-state index in [4.69, 9.17) is 9.47 Å². The summed E-state index contributed by atoms with van der Waals surface area (Å²) in [5.41, 5.74) is 0. The number of nitrogens with zero attached hydrogens (tertiary/aromatic N) is 2. The minimum atomic E-state index is 0.172. The van der Waals surface area contributed by atoms with Gasteiger partial charge in [-0.2, -0.15) is 0 Å². The molecule has 0 saturated carbocycles. The van der Waals surface area contributed by atoms with Crippen molar-refractivity contribution in [3.8, 4) is 0 Å². The topological polar surface area (TPSA) is 36.3 Å². The Hall–Kier alpha value is -0.870. The Morgan fingerprint density at radius 3 is 3.07 bits per heavy atom. The first kappa shape index (κ1) is 10.6. The Kier molecular flexibility index (Phi) is 3.38. The zero-order valence-corrected chi connectivity index (χ0v) is 9.35. The number of hydrogen-bond donors (Lipinski definition) is 0. The molecule has 0 aromatic carbocycles. The summed E-state index contributed by atoms with van der Waals surface area (Å²) in [5.74, 6) is 1.56. The monoisotopic (exact) mass is 210 g/mol. The highest BCUT2D eigenvalue weighted by molar-refractivity contribution is 4.98. The molecule has 1 saturated heterocycles. The maximum Gasteiger partial charge on any atom is 0.111 e. The molecular formula is C11H18N2O2. The summed E-state index contributed by atoms with van der Waals surface area (Å²) in [5, 5.41) is 0. The van der Waals surface area contributed by atoms with Gasteiger partial charge in [-0.15, -0.1) is 0 Å². The van der Waals surface area contributed by atoms with E-state index in [1.54, 1.807) is 0 Å². The predicted molar refractivity (Wildman–Crippen MR) is 56.9 cm³/mol. The second kappa shape index (κ2) is 4.77. The van der Waals surface area contributed by atoms with Crippen molar-refractivity contribution in [2.24, 2.45) is 0 Å². The lowest BCUT2D eigenvalue weighted by Crippen LogP contribution is -2.32. The van der Waals surface area contributed by atoms with Crippen molar-refractivity contribution in [2.75, 3.05) is 19.8 Å². The number of aromatic nitrogens is 2. The van der Waals surface area contributed by atoms with E-state index < -0.39 is 0 Å². The Labute approximate surface area is 90.2 Å². The van der Waals surface area contributed by atoms with Crippen molar-refractivity contribution < 1.29 is 9.47 Å². The second-order valence-corrected chi connectivity index (χ2v) is 4.16. The SMILES string of the molecule is CC(C)c1nccn1CC1COCCO1. The van der Waals surface area contributed by atoms with Crippen molar-refractivity contribution in [2.45, 2.75) is 32.4 Å². The van der Waals surface area contributed by atoms with Gasteiger partial charge in [0.05, 0.1) is 32.5 Å². The van der Waals surface area contributed by atoms with Crippen LogP contribution < -0.4 is 0 Å². The minimum Gasteiger partial charge on any atom is -0.376 e. The van der Waals surface area contributed by atoms with Crippen LogP contribution in [0.25, 0.3) is 0 Å². The molecule has 0 amide bonds. The first-order valence-electron chi connectivity index (χ1n) is 5.47. The third-order valence-corrected chi connectivity index (χ3v) is 2.55. The number of imidazole rings is 1. The van der Waals surface area contributed by atoms with Crippen LogP contribution in [-0.4, -0.2) is 35.5 Å². The van der Waals surface area contributed by atoms with Crippen molar-refractivity contribution in [1.29, 1.82) is 0 Å². The van der Waals surface area contributed by atoms with Crippen LogP contribution >= 0.6 is 0 Å². The molecule has 1 aromatic rings. The molecule has 1 aliphatic heterocycles. The fourth-order valence-electron chi connectivity index (χ4n) is 1.84. The van der Waals surface area contributed by atoms with E-state index in [1.165, 1.54) is 0 Å². The summed E-state index contributed by atoms with van der Waals surface area (Å²) in [6.07, 6.45) is 4.03. The number of ether oxygens (including phenoxy) is 2. The van der Waals surface area contributed by atoms with Gasteiger partial charge in [-0.3, -0.25) is 0 Å². The average molecular weight is 210 g/mol. The molecule has 2 heterocycles. The molecule has 0 aliphatic carbocycles. The van der Waals surface area contributed by atoms with Crippen molar-refractivity contribution in [1.82, 2.24) is 9.55 Å². The van der Waals surface area contributed by atoms with Gasteiger partial charge in [0.25, 0.3) is 0 Å². The van der Waals surface area contributed by atoms with Gasteiger partial charge in [-0.25, -0.2) is 4.98 Å². The van der Waals surface area contributed by atoms with Gasteiger partial charge >= 0.3 is 0 Å². The van der Waals surface area contributed by atoms with E-state index in [0.717, 1.165) is 19.0 Å². The van der Waals surface area contributed by atoms with E-state index in [9.17, 15) is 0 Å². The standard InChI is InChI=1S/C11H18N2O2/c1-9(2)11-12-3-4-13(11)7-10-8-14-5-6-15-10/h3-4,9-10H,5-8H2,1-2H3. The van der Waals surface area contributed by atoms with E-state index >= 15 is 0 Å². The van der Waals surface area contributed by atoms with Gasteiger partial charge in [0.1, 0.15) is 5.82 Å². The lowest BCUT2D eigenvalue weighted by Gasteiger charge is -2.24.